The number of amides is 5. The highest BCUT2D eigenvalue weighted by Gasteiger charge is 2.49. The molecule has 1 N–H and O–H groups in total. The number of urea groups is 2. The van der Waals surface area contributed by atoms with Gasteiger partial charge in [-0.3, -0.25) is 24.3 Å². The monoisotopic (exact) mass is 530 g/mol. The molecule has 5 rings (SSSR count). The molecule has 2 aromatic carbocycles. The molecule has 2 aromatic rings. The van der Waals surface area contributed by atoms with E-state index in [1.165, 1.54) is 21.9 Å². The number of esters is 1. The summed E-state index contributed by atoms with van der Waals surface area (Å²) in [5, 5.41) is 2.70. The Bertz CT molecular complexity index is 1300. The molecule has 2 heterocycles. The number of benzene rings is 2. The van der Waals surface area contributed by atoms with Crippen molar-refractivity contribution in [2.24, 2.45) is 5.92 Å². The van der Waals surface area contributed by atoms with E-state index in [-0.39, 0.29) is 43.2 Å². The van der Waals surface area contributed by atoms with Crippen LogP contribution in [-0.2, 0) is 26.9 Å². The van der Waals surface area contributed by atoms with Gasteiger partial charge in [-0.05, 0) is 61.2 Å². The lowest BCUT2D eigenvalue weighted by molar-refractivity contribution is -0.155. The molecule has 200 valence electrons. The van der Waals surface area contributed by atoms with Gasteiger partial charge in [0, 0.05) is 24.5 Å². The first-order valence-corrected chi connectivity index (χ1v) is 12.3. The number of nitrogens with zero attached hydrogens (tertiary/aromatic N) is 3. The second kappa shape index (κ2) is 9.66. The van der Waals surface area contributed by atoms with Gasteiger partial charge in [0.05, 0.1) is 24.8 Å². The summed E-state index contributed by atoms with van der Waals surface area (Å²) >= 11 is 0. The van der Waals surface area contributed by atoms with E-state index in [2.05, 4.69) is 5.32 Å². The van der Waals surface area contributed by atoms with Gasteiger partial charge in [0.25, 0.3) is 0 Å². The van der Waals surface area contributed by atoms with Gasteiger partial charge < -0.3 is 10.1 Å². The Hall–Kier alpha value is -4.09. The van der Waals surface area contributed by atoms with Crippen LogP contribution in [0.2, 0.25) is 0 Å². The summed E-state index contributed by atoms with van der Waals surface area (Å²) in [6.07, 6.45) is -4.45. The van der Waals surface area contributed by atoms with Crippen molar-refractivity contribution < 1.29 is 37.1 Å². The lowest BCUT2D eigenvalue weighted by Crippen LogP contribution is -2.59. The summed E-state index contributed by atoms with van der Waals surface area (Å²) in [5.74, 6) is -2.95. The van der Waals surface area contributed by atoms with Crippen molar-refractivity contribution in [1.82, 2.24) is 10.2 Å². The fraction of sp³-hybridized carbons (Fsp3) is 0.385. The first-order valence-electron chi connectivity index (χ1n) is 12.3. The molecular formula is C26H25F3N4O5. The van der Waals surface area contributed by atoms with Crippen molar-refractivity contribution >= 4 is 35.3 Å². The van der Waals surface area contributed by atoms with Crippen molar-refractivity contribution in [3.63, 3.8) is 0 Å². The number of nitrogens with one attached hydrogen (secondary N) is 1. The van der Waals surface area contributed by atoms with Gasteiger partial charge in [0.1, 0.15) is 0 Å². The van der Waals surface area contributed by atoms with Gasteiger partial charge in [0.2, 0.25) is 5.91 Å². The second-order valence-electron chi connectivity index (χ2n) is 9.23. The van der Waals surface area contributed by atoms with E-state index in [0.717, 1.165) is 11.0 Å². The predicted octanol–water partition coefficient (Wildman–Crippen LogP) is 3.87. The quantitative estimate of drug-likeness (QED) is 0.468. The normalized spacial score (nSPS) is 21.6. The molecule has 38 heavy (non-hydrogen) atoms. The summed E-state index contributed by atoms with van der Waals surface area (Å²) in [6, 6.07) is 8.27. The Kier molecular flexibility index (Phi) is 6.49. The zero-order chi connectivity index (χ0) is 27.2. The molecule has 2 atom stereocenters. The molecule has 0 radical (unpaired) electrons. The van der Waals surface area contributed by atoms with Gasteiger partial charge >= 0.3 is 24.2 Å². The SMILES string of the molecule is CCOC(=O)C1CN(c2ccc(N3CCNC3=O)cc2)C(=O)N([C@@H]2CCc3c2cccc3C(F)(F)F)C1=O. The van der Waals surface area contributed by atoms with Gasteiger partial charge in [-0.2, -0.15) is 13.2 Å². The molecule has 0 saturated carbocycles. The molecule has 2 aliphatic heterocycles. The molecular weight excluding hydrogens is 505 g/mol. The van der Waals surface area contributed by atoms with E-state index in [0.29, 0.717) is 24.5 Å². The minimum atomic E-state index is -4.58. The third-order valence-corrected chi connectivity index (χ3v) is 7.09. The summed E-state index contributed by atoms with van der Waals surface area (Å²) in [6.45, 7) is 2.31. The van der Waals surface area contributed by atoms with Gasteiger partial charge in [-0.1, -0.05) is 12.1 Å². The maximum Gasteiger partial charge on any atom is 0.416 e. The van der Waals surface area contributed by atoms with Crippen LogP contribution in [0.1, 0.15) is 36.1 Å². The standard InChI is InChI=1S/C26H25F3N4O5/c1-2-38-23(35)19-14-32(16-8-6-15(7-9-16)31-13-12-30-24(31)36)25(37)33(22(19)34)21-11-10-17-18(21)4-3-5-20(17)26(27,28)29/h3-9,19,21H,2,10-14H2,1H3,(H,30,36)/t19?,21-/m1/s1. The fourth-order valence-corrected chi connectivity index (χ4v) is 5.35. The average molecular weight is 531 g/mol. The topological polar surface area (TPSA) is 99.3 Å². The van der Waals surface area contributed by atoms with Crippen LogP contribution in [0, 0.1) is 5.92 Å². The molecule has 0 spiro atoms. The smallest absolute Gasteiger partial charge is 0.416 e. The zero-order valence-corrected chi connectivity index (χ0v) is 20.5. The van der Waals surface area contributed by atoms with Gasteiger partial charge in [0.15, 0.2) is 5.92 Å². The van der Waals surface area contributed by atoms with Crippen molar-refractivity contribution in [2.45, 2.75) is 32.0 Å². The van der Waals surface area contributed by atoms with Crippen molar-refractivity contribution in [3.05, 3.63) is 59.2 Å². The summed E-state index contributed by atoms with van der Waals surface area (Å²) in [4.78, 5) is 55.6. The zero-order valence-electron chi connectivity index (χ0n) is 20.5. The number of hydrogen-bond donors (Lipinski definition) is 1. The van der Waals surface area contributed by atoms with Crippen LogP contribution in [0.4, 0.5) is 34.1 Å². The second-order valence-corrected chi connectivity index (χ2v) is 9.23. The van der Waals surface area contributed by atoms with E-state index in [1.54, 1.807) is 31.2 Å². The Morgan fingerprint density at radius 2 is 1.74 bits per heavy atom. The summed E-state index contributed by atoms with van der Waals surface area (Å²) in [5.41, 5.74) is 0.458. The predicted molar refractivity (Wildman–Crippen MR) is 129 cm³/mol. The van der Waals surface area contributed by atoms with Crippen LogP contribution in [0.25, 0.3) is 0 Å². The maximum absolute atomic E-state index is 13.7. The first-order chi connectivity index (χ1) is 18.1. The van der Waals surface area contributed by atoms with Crippen molar-refractivity contribution in [2.75, 3.05) is 36.0 Å². The van der Waals surface area contributed by atoms with Crippen molar-refractivity contribution in [3.8, 4) is 0 Å². The van der Waals surface area contributed by atoms with E-state index < -0.39 is 41.6 Å². The number of hydrogen-bond acceptors (Lipinski definition) is 5. The van der Waals surface area contributed by atoms with Crippen LogP contribution in [-0.4, -0.2) is 55.1 Å². The van der Waals surface area contributed by atoms with Gasteiger partial charge in [-0.15, -0.1) is 0 Å². The Balaban J connectivity index is 1.51. The molecule has 1 aliphatic carbocycles. The average Bonchev–Trinajstić information content (AvgIpc) is 3.50. The van der Waals surface area contributed by atoms with Crippen LogP contribution < -0.4 is 15.1 Å². The largest absolute Gasteiger partial charge is 0.465 e. The highest BCUT2D eigenvalue weighted by atomic mass is 19.4. The molecule has 2 fully saturated rings. The summed E-state index contributed by atoms with van der Waals surface area (Å²) in [7, 11) is 0. The number of carbonyl (C=O) groups is 4. The summed E-state index contributed by atoms with van der Waals surface area (Å²) < 4.78 is 46.0. The number of halogens is 3. The Labute approximate surface area is 216 Å². The fourth-order valence-electron chi connectivity index (χ4n) is 5.35. The van der Waals surface area contributed by atoms with E-state index in [9.17, 15) is 32.3 Å². The van der Waals surface area contributed by atoms with E-state index >= 15 is 0 Å². The number of rotatable bonds is 5. The lowest BCUT2D eigenvalue weighted by atomic mass is 9.98. The third-order valence-electron chi connectivity index (χ3n) is 7.09. The Morgan fingerprint density at radius 1 is 1.05 bits per heavy atom. The minimum absolute atomic E-state index is 0.0182. The molecule has 2 saturated heterocycles. The number of ether oxygens (including phenoxy) is 1. The molecule has 0 aromatic heterocycles. The number of carbonyl (C=O) groups excluding carboxylic acids is 4. The minimum Gasteiger partial charge on any atom is -0.465 e. The lowest BCUT2D eigenvalue weighted by Gasteiger charge is -2.40. The molecule has 3 aliphatic rings. The van der Waals surface area contributed by atoms with Crippen LogP contribution in [0.15, 0.2) is 42.5 Å². The highest BCUT2D eigenvalue weighted by Crippen LogP contribution is 2.44. The maximum atomic E-state index is 13.7. The van der Waals surface area contributed by atoms with Crippen LogP contribution in [0.3, 0.4) is 0 Å². The highest BCUT2D eigenvalue weighted by molar-refractivity contribution is 6.13. The van der Waals surface area contributed by atoms with Crippen molar-refractivity contribution in [1.29, 1.82) is 0 Å². The molecule has 9 nitrogen and oxygen atoms in total. The van der Waals surface area contributed by atoms with Crippen LogP contribution in [0.5, 0.6) is 0 Å². The Morgan fingerprint density at radius 3 is 2.34 bits per heavy atom. The van der Waals surface area contributed by atoms with E-state index in [1.807, 2.05) is 0 Å². The van der Waals surface area contributed by atoms with Gasteiger partial charge in [-0.25, -0.2) is 9.59 Å². The van der Waals surface area contributed by atoms with E-state index in [4.69, 9.17) is 4.74 Å². The number of alkyl halides is 3. The first kappa shape index (κ1) is 25.6. The number of anilines is 2. The molecule has 1 unspecified atom stereocenters. The third kappa shape index (κ3) is 4.33. The molecule has 12 heteroatoms. The number of imide groups is 1. The molecule has 5 amide bonds. The van der Waals surface area contributed by atoms with Crippen LogP contribution >= 0.6 is 0 Å². The number of fused-ring (bicyclic) bond motifs is 1. The molecule has 0 bridgehead atoms.